The Morgan fingerprint density at radius 1 is 1.47 bits per heavy atom. The van der Waals surface area contributed by atoms with E-state index in [4.69, 9.17) is 4.74 Å². The third-order valence-electron chi connectivity index (χ3n) is 3.32. The number of ether oxygens (including phenoxy) is 1. The maximum absolute atomic E-state index is 11.7. The van der Waals surface area contributed by atoms with E-state index in [-0.39, 0.29) is 11.8 Å². The van der Waals surface area contributed by atoms with Crippen LogP contribution in [0.5, 0.6) is 0 Å². The lowest BCUT2D eigenvalue weighted by atomic mass is 10.2. The molecule has 1 fully saturated rings. The van der Waals surface area contributed by atoms with Gasteiger partial charge in [-0.25, -0.2) is 4.79 Å². The van der Waals surface area contributed by atoms with Gasteiger partial charge in [-0.15, -0.1) is 0 Å². The van der Waals surface area contributed by atoms with Gasteiger partial charge in [-0.2, -0.15) is 0 Å². The van der Waals surface area contributed by atoms with Crippen LogP contribution in [0.3, 0.4) is 0 Å². The Hall–Kier alpha value is -1.07. The fraction of sp³-hybridized carbons (Fsp3) is 0.750. The van der Waals surface area contributed by atoms with E-state index in [0.717, 1.165) is 19.7 Å². The quantitative estimate of drug-likeness (QED) is 0.761. The van der Waals surface area contributed by atoms with Crippen molar-refractivity contribution in [3.8, 4) is 0 Å². The normalized spacial score (nSPS) is 22.2. The molecule has 96 valence electrons. The maximum Gasteiger partial charge on any atom is 0.327 e. The Kier molecular flexibility index (Phi) is 3.69. The van der Waals surface area contributed by atoms with Crippen molar-refractivity contribution in [2.24, 2.45) is 7.05 Å². The van der Waals surface area contributed by atoms with Crippen LogP contribution < -0.4 is 5.69 Å². The second kappa shape index (κ2) is 5.06. The second-order valence-electron chi connectivity index (χ2n) is 4.93. The molecule has 2 heterocycles. The molecule has 1 atom stereocenters. The van der Waals surface area contributed by atoms with Crippen LogP contribution in [-0.2, 0) is 18.3 Å². The van der Waals surface area contributed by atoms with Crippen LogP contribution in [0, 0.1) is 0 Å². The van der Waals surface area contributed by atoms with Crippen molar-refractivity contribution in [3.63, 3.8) is 0 Å². The molecule has 0 bridgehead atoms. The van der Waals surface area contributed by atoms with Gasteiger partial charge in [-0.05, 0) is 13.8 Å². The molecule has 1 unspecified atom stereocenters. The first kappa shape index (κ1) is 12.4. The molecule has 1 aromatic rings. The molecule has 1 aliphatic heterocycles. The Labute approximate surface area is 102 Å². The lowest BCUT2D eigenvalue weighted by molar-refractivity contribution is -0.0460. The number of nitrogens with zero attached hydrogens (tertiary/aromatic N) is 3. The second-order valence-corrected chi connectivity index (χ2v) is 4.93. The molecule has 1 aromatic heterocycles. The molecule has 0 N–H and O–H groups in total. The average Bonchev–Trinajstić information content (AvgIpc) is 2.61. The van der Waals surface area contributed by atoms with Crippen molar-refractivity contribution in [1.29, 1.82) is 0 Å². The van der Waals surface area contributed by atoms with E-state index in [1.807, 2.05) is 6.20 Å². The number of hydrogen-bond acceptors (Lipinski definition) is 3. The van der Waals surface area contributed by atoms with Crippen LogP contribution in [0.4, 0.5) is 0 Å². The summed E-state index contributed by atoms with van der Waals surface area (Å²) in [6, 6.07) is 0.536. The van der Waals surface area contributed by atoms with Crippen molar-refractivity contribution in [2.45, 2.75) is 32.5 Å². The average molecular weight is 239 g/mol. The van der Waals surface area contributed by atoms with Gasteiger partial charge in [-0.1, -0.05) is 0 Å². The molecule has 5 nitrogen and oxygen atoms in total. The number of imidazole rings is 1. The van der Waals surface area contributed by atoms with Crippen molar-refractivity contribution in [2.75, 3.05) is 19.7 Å². The standard InChI is InChI=1S/C12H21N3O2/c1-10(2)14-6-7-17-11(8-14)9-15-5-4-13(3)12(15)16/h4-5,10-11H,6-9H2,1-3H3. The van der Waals surface area contributed by atoms with Gasteiger partial charge in [0.2, 0.25) is 0 Å². The molecule has 0 spiro atoms. The molecule has 2 rings (SSSR count). The summed E-state index contributed by atoms with van der Waals surface area (Å²) in [7, 11) is 1.76. The minimum absolute atomic E-state index is 0.0234. The predicted molar refractivity (Wildman–Crippen MR) is 66.1 cm³/mol. The van der Waals surface area contributed by atoms with Crippen molar-refractivity contribution >= 4 is 0 Å². The monoisotopic (exact) mass is 239 g/mol. The molecular formula is C12H21N3O2. The molecule has 5 heteroatoms. The largest absolute Gasteiger partial charge is 0.374 e. The smallest absolute Gasteiger partial charge is 0.327 e. The van der Waals surface area contributed by atoms with Gasteiger partial charge in [0, 0.05) is 38.6 Å². The summed E-state index contributed by atoms with van der Waals surface area (Å²) in [6.07, 6.45) is 3.72. The van der Waals surface area contributed by atoms with E-state index in [2.05, 4.69) is 18.7 Å². The van der Waals surface area contributed by atoms with Gasteiger partial charge in [0.1, 0.15) is 0 Å². The van der Waals surface area contributed by atoms with Crippen LogP contribution in [0.25, 0.3) is 0 Å². The summed E-state index contributed by atoms with van der Waals surface area (Å²) >= 11 is 0. The van der Waals surface area contributed by atoms with Crippen LogP contribution in [0.1, 0.15) is 13.8 Å². The van der Waals surface area contributed by atoms with Gasteiger partial charge in [0.15, 0.2) is 0 Å². The first-order valence-electron chi connectivity index (χ1n) is 6.15. The van der Waals surface area contributed by atoms with Crippen LogP contribution in [0.15, 0.2) is 17.2 Å². The van der Waals surface area contributed by atoms with Gasteiger partial charge < -0.3 is 9.30 Å². The Morgan fingerprint density at radius 2 is 2.24 bits per heavy atom. The van der Waals surface area contributed by atoms with E-state index in [1.54, 1.807) is 22.4 Å². The molecule has 17 heavy (non-hydrogen) atoms. The summed E-state index contributed by atoms with van der Waals surface area (Å²) in [5, 5.41) is 0. The summed E-state index contributed by atoms with van der Waals surface area (Å²) in [6.45, 7) is 7.66. The fourth-order valence-corrected chi connectivity index (χ4v) is 2.19. The van der Waals surface area contributed by atoms with Gasteiger partial charge in [-0.3, -0.25) is 9.47 Å². The Balaban J connectivity index is 1.99. The SMILES string of the molecule is CC(C)N1CCOC(Cn2ccn(C)c2=O)C1. The van der Waals surface area contributed by atoms with E-state index in [0.29, 0.717) is 12.6 Å². The van der Waals surface area contributed by atoms with Crippen LogP contribution in [-0.4, -0.2) is 45.9 Å². The zero-order valence-electron chi connectivity index (χ0n) is 10.8. The first-order valence-corrected chi connectivity index (χ1v) is 6.15. The highest BCUT2D eigenvalue weighted by molar-refractivity contribution is 4.83. The van der Waals surface area contributed by atoms with E-state index < -0.39 is 0 Å². The Bertz CT molecular complexity index is 422. The zero-order valence-corrected chi connectivity index (χ0v) is 10.8. The van der Waals surface area contributed by atoms with E-state index >= 15 is 0 Å². The van der Waals surface area contributed by atoms with Crippen molar-refractivity contribution in [3.05, 3.63) is 22.9 Å². The number of aryl methyl sites for hydroxylation is 1. The van der Waals surface area contributed by atoms with Gasteiger partial charge in [0.05, 0.1) is 19.3 Å². The first-order chi connectivity index (χ1) is 8.08. The maximum atomic E-state index is 11.7. The summed E-state index contributed by atoms with van der Waals surface area (Å²) in [5.41, 5.74) is 0.0234. The zero-order chi connectivity index (χ0) is 12.4. The Morgan fingerprint density at radius 3 is 2.82 bits per heavy atom. The molecule has 0 saturated carbocycles. The van der Waals surface area contributed by atoms with Gasteiger partial charge in [0.25, 0.3) is 0 Å². The fourth-order valence-electron chi connectivity index (χ4n) is 2.19. The third kappa shape index (κ3) is 2.79. The summed E-state index contributed by atoms with van der Waals surface area (Å²) < 4.78 is 9.02. The number of morpholine rings is 1. The highest BCUT2D eigenvalue weighted by Crippen LogP contribution is 2.09. The van der Waals surface area contributed by atoms with Crippen molar-refractivity contribution < 1.29 is 4.74 Å². The molecule has 0 amide bonds. The van der Waals surface area contributed by atoms with Crippen LogP contribution in [0.2, 0.25) is 0 Å². The van der Waals surface area contributed by atoms with Crippen molar-refractivity contribution in [1.82, 2.24) is 14.0 Å². The van der Waals surface area contributed by atoms with Crippen LogP contribution >= 0.6 is 0 Å². The van der Waals surface area contributed by atoms with Gasteiger partial charge >= 0.3 is 5.69 Å². The lowest BCUT2D eigenvalue weighted by Crippen LogP contribution is -2.47. The summed E-state index contributed by atoms with van der Waals surface area (Å²) in [5.74, 6) is 0. The predicted octanol–water partition coefficient (Wildman–Crippen LogP) is 0.296. The molecule has 0 radical (unpaired) electrons. The molecular weight excluding hydrogens is 218 g/mol. The molecule has 0 aromatic carbocycles. The minimum atomic E-state index is 0.0234. The number of rotatable bonds is 3. The number of aromatic nitrogens is 2. The highest BCUT2D eigenvalue weighted by Gasteiger charge is 2.22. The molecule has 0 aliphatic carbocycles. The minimum Gasteiger partial charge on any atom is -0.374 e. The third-order valence-corrected chi connectivity index (χ3v) is 3.32. The molecule has 1 saturated heterocycles. The van der Waals surface area contributed by atoms with E-state index in [1.165, 1.54) is 0 Å². The summed E-state index contributed by atoms with van der Waals surface area (Å²) in [4.78, 5) is 14.1. The topological polar surface area (TPSA) is 39.4 Å². The highest BCUT2D eigenvalue weighted by atomic mass is 16.5. The molecule has 1 aliphatic rings. The lowest BCUT2D eigenvalue weighted by Gasteiger charge is -2.35. The number of hydrogen-bond donors (Lipinski definition) is 0. The van der Waals surface area contributed by atoms with E-state index in [9.17, 15) is 4.79 Å².